The number of nitrogens with two attached hydrogens (primary N) is 1. The van der Waals surface area contributed by atoms with Gasteiger partial charge in [-0.05, 0) is 32.9 Å². The van der Waals surface area contributed by atoms with E-state index in [1.165, 1.54) is 19.1 Å². The van der Waals surface area contributed by atoms with Gasteiger partial charge in [0.2, 0.25) is 5.95 Å². The van der Waals surface area contributed by atoms with Gasteiger partial charge in [0.1, 0.15) is 30.6 Å². The van der Waals surface area contributed by atoms with E-state index >= 15 is 4.39 Å². The molecule has 212 valence electrons. The van der Waals surface area contributed by atoms with Crippen LogP contribution in [0.5, 0.6) is 5.75 Å². The third kappa shape index (κ3) is 6.11. The van der Waals surface area contributed by atoms with E-state index in [9.17, 15) is 24.4 Å². The third-order valence-electron chi connectivity index (χ3n) is 5.56. The Morgan fingerprint density at radius 2 is 2.03 bits per heavy atom. The fraction of sp³-hybridized carbons (Fsp3) is 0.455. The summed E-state index contributed by atoms with van der Waals surface area (Å²) >= 11 is 0. The highest BCUT2D eigenvalue weighted by atomic mass is 31.2. The Morgan fingerprint density at radius 1 is 1.33 bits per heavy atom. The highest BCUT2D eigenvalue weighted by molar-refractivity contribution is 7.52. The van der Waals surface area contributed by atoms with Crippen LogP contribution in [-0.4, -0.2) is 72.5 Å². The monoisotopic (exact) mass is 570 g/mol. The smallest absolute Gasteiger partial charge is 0.459 e. The molecule has 6 atom stereocenters. The zero-order valence-corrected chi connectivity index (χ0v) is 21.9. The van der Waals surface area contributed by atoms with Crippen LogP contribution < -0.4 is 20.9 Å². The molecule has 2 aromatic heterocycles. The van der Waals surface area contributed by atoms with Crippen LogP contribution in [0.2, 0.25) is 0 Å². The van der Waals surface area contributed by atoms with Gasteiger partial charge in [-0.25, -0.2) is 13.9 Å². The number of aliphatic hydroxyl groups is 2. The van der Waals surface area contributed by atoms with Gasteiger partial charge in [0.25, 0.3) is 11.4 Å². The Hall–Kier alpha value is -3.40. The van der Waals surface area contributed by atoms with Gasteiger partial charge in [0, 0.05) is 0 Å². The average molecular weight is 570 g/mol. The number of aromatic amines is 1. The molecule has 1 unspecified atom stereocenters. The molecule has 0 radical (unpaired) electrons. The number of carbonyl (C=O) groups excluding carboxylic acids is 1. The number of nitrogens with zero attached hydrogens (tertiary/aromatic N) is 3. The maximum Gasteiger partial charge on any atom is 0.459 e. The summed E-state index contributed by atoms with van der Waals surface area (Å²) in [5, 5.41) is 23.5. The van der Waals surface area contributed by atoms with Crippen molar-refractivity contribution < 1.29 is 42.5 Å². The fourth-order valence-electron chi connectivity index (χ4n) is 3.73. The molecule has 0 amide bonds. The first-order valence-corrected chi connectivity index (χ1v) is 13.3. The zero-order valence-electron chi connectivity index (χ0n) is 21.1. The lowest BCUT2D eigenvalue weighted by atomic mass is 10.1. The number of carbonyl (C=O) groups is 1. The van der Waals surface area contributed by atoms with E-state index in [0.717, 1.165) is 10.9 Å². The first-order valence-electron chi connectivity index (χ1n) is 11.7. The number of aliphatic hydroxyl groups excluding tert-OH is 2. The van der Waals surface area contributed by atoms with Crippen LogP contribution in [0.25, 0.3) is 11.2 Å². The number of esters is 1. The number of alkyl halides is 1. The number of halogens is 1. The first-order chi connectivity index (χ1) is 18.3. The van der Waals surface area contributed by atoms with Crippen molar-refractivity contribution in [3.8, 4) is 5.75 Å². The Balaban J connectivity index is 1.57. The number of ether oxygens (including phenoxy) is 2. The highest BCUT2D eigenvalue weighted by Crippen LogP contribution is 2.48. The van der Waals surface area contributed by atoms with E-state index in [-0.39, 0.29) is 22.9 Å². The first kappa shape index (κ1) is 28.6. The molecule has 15 nitrogen and oxygen atoms in total. The number of rotatable bonds is 10. The lowest BCUT2D eigenvalue weighted by Gasteiger charge is -2.27. The van der Waals surface area contributed by atoms with Gasteiger partial charge in [0.05, 0.1) is 12.4 Å². The molecule has 6 N–H and O–H groups in total. The number of benzene rings is 1. The van der Waals surface area contributed by atoms with Crippen LogP contribution in [-0.2, 0) is 23.4 Å². The second-order valence-electron chi connectivity index (χ2n) is 9.02. The molecular weight excluding hydrogens is 542 g/mol. The number of imidazole rings is 1. The summed E-state index contributed by atoms with van der Waals surface area (Å²) < 4.78 is 51.7. The van der Waals surface area contributed by atoms with Crippen LogP contribution in [0.15, 0.2) is 41.5 Å². The van der Waals surface area contributed by atoms with Gasteiger partial charge in [-0.2, -0.15) is 10.1 Å². The molecule has 39 heavy (non-hydrogen) atoms. The van der Waals surface area contributed by atoms with Crippen LogP contribution in [0, 0.1) is 0 Å². The predicted octanol–water partition coefficient (Wildman–Crippen LogP) is 0.752. The van der Waals surface area contributed by atoms with Crippen molar-refractivity contribution in [1.82, 2.24) is 24.6 Å². The Labute approximate surface area is 220 Å². The summed E-state index contributed by atoms with van der Waals surface area (Å²) in [4.78, 5) is 34.4. The topological polar surface area (TPSA) is 213 Å². The second-order valence-corrected chi connectivity index (χ2v) is 10.7. The Morgan fingerprint density at radius 3 is 2.69 bits per heavy atom. The molecule has 0 aliphatic carbocycles. The minimum Gasteiger partial charge on any atom is -0.462 e. The molecule has 1 saturated heterocycles. The molecule has 0 spiro atoms. The zero-order chi connectivity index (χ0) is 28.5. The number of anilines is 1. The molecule has 1 fully saturated rings. The van der Waals surface area contributed by atoms with Gasteiger partial charge >= 0.3 is 13.7 Å². The number of H-pyrrole nitrogens is 1. The van der Waals surface area contributed by atoms with Crippen LogP contribution in [0.3, 0.4) is 0 Å². The van der Waals surface area contributed by atoms with E-state index < -0.39 is 62.3 Å². The summed E-state index contributed by atoms with van der Waals surface area (Å²) in [5.41, 5.74) is 4.57. The van der Waals surface area contributed by atoms with E-state index in [1.807, 2.05) is 0 Å². The third-order valence-corrected chi connectivity index (χ3v) is 7.18. The van der Waals surface area contributed by atoms with E-state index in [2.05, 4.69) is 20.0 Å². The molecule has 17 heteroatoms. The normalized spacial score (nSPS) is 25.5. The molecule has 1 aromatic carbocycles. The fourth-order valence-corrected chi connectivity index (χ4v) is 5.23. The number of hydrogen-bond donors (Lipinski definition) is 5. The summed E-state index contributed by atoms with van der Waals surface area (Å²) in [5.74, 6) is -4.11. The maximum atomic E-state index is 15.9. The molecule has 0 bridgehead atoms. The second kappa shape index (κ2) is 11.0. The molecule has 4 rings (SSSR count). The largest absolute Gasteiger partial charge is 0.462 e. The van der Waals surface area contributed by atoms with E-state index in [0.29, 0.717) is 0 Å². The minimum absolute atomic E-state index is 0.0650. The van der Waals surface area contributed by atoms with E-state index in [4.69, 9.17) is 24.3 Å². The molecule has 0 saturated carbocycles. The Bertz CT molecular complexity index is 1440. The molecule has 1 aliphatic rings. The van der Waals surface area contributed by atoms with Crippen molar-refractivity contribution in [2.45, 2.75) is 57.2 Å². The lowest BCUT2D eigenvalue weighted by molar-refractivity contribution is -0.202. The molecule has 1 aliphatic heterocycles. The van der Waals surface area contributed by atoms with E-state index in [1.54, 1.807) is 32.0 Å². The number of aromatic nitrogens is 4. The lowest BCUT2D eigenvalue weighted by Crippen LogP contribution is -2.44. The summed E-state index contributed by atoms with van der Waals surface area (Å²) in [6.07, 6.45) is -5.17. The standard InChI is InChI=1S/C22H28FN6O9P/c1-11(2)36-20(33)12(3)28-39(34,38-13-7-5-4-6-8-13)35-9-22(23)16(31)15(30)19(37-22)29-10-25-14-17(29)26-21(24)27-18(14)32/h4-8,10-12,15-16,19,30-31H,9H2,1-3H3,(H,28,34)(H3,24,26,27,32)/t12-,15-,16+,19?,22-,39+/m1/s1. The molecule has 3 aromatic rings. The molecule has 3 heterocycles. The molecular formula is C22H28FN6O9P. The van der Waals surface area contributed by atoms with Gasteiger partial charge in [-0.3, -0.25) is 23.7 Å². The summed E-state index contributed by atoms with van der Waals surface area (Å²) in [6, 6.07) is 6.53. The van der Waals surface area contributed by atoms with Crippen molar-refractivity contribution in [2.24, 2.45) is 0 Å². The van der Waals surface area contributed by atoms with Crippen molar-refractivity contribution in [1.29, 1.82) is 0 Å². The van der Waals surface area contributed by atoms with Gasteiger partial charge in [-0.15, -0.1) is 0 Å². The van der Waals surface area contributed by atoms with Crippen LogP contribution >= 0.6 is 7.75 Å². The number of fused-ring (bicyclic) bond motifs is 1. The van der Waals surface area contributed by atoms with Crippen LogP contribution in [0.1, 0.15) is 27.0 Å². The summed E-state index contributed by atoms with van der Waals surface area (Å²) in [7, 11) is -4.53. The van der Waals surface area contributed by atoms with Crippen molar-refractivity contribution in [3.05, 3.63) is 47.0 Å². The van der Waals surface area contributed by atoms with Crippen molar-refractivity contribution in [3.63, 3.8) is 0 Å². The van der Waals surface area contributed by atoms with Gasteiger partial charge in [0.15, 0.2) is 17.4 Å². The quantitative estimate of drug-likeness (QED) is 0.168. The number of nitrogen functional groups attached to an aromatic ring is 1. The highest BCUT2D eigenvalue weighted by Gasteiger charge is 2.57. The summed E-state index contributed by atoms with van der Waals surface area (Å²) in [6.45, 7) is 3.37. The van der Waals surface area contributed by atoms with Gasteiger partial charge < -0.3 is 29.9 Å². The number of para-hydroxylation sites is 1. The minimum atomic E-state index is -4.53. The number of nitrogens with one attached hydrogen (secondary N) is 2. The Kier molecular flexibility index (Phi) is 8.07. The van der Waals surface area contributed by atoms with Crippen molar-refractivity contribution >= 4 is 30.8 Å². The van der Waals surface area contributed by atoms with Gasteiger partial charge in [-0.1, -0.05) is 18.2 Å². The van der Waals surface area contributed by atoms with Crippen LogP contribution in [0.4, 0.5) is 10.3 Å². The predicted molar refractivity (Wildman–Crippen MR) is 133 cm³/mol. The average Bonchev–Trinajstić information content (AvgIpc) is 3.38. The maximum absolute atomic E-state index is 15.9. The van der Waals surface area contributed by atoms with Crippen molar-refractivity contribution in [2.75, 3.05) is 12.3 Å². The number of hydrogen-bond acceptors (Lipinski definition) is 12. The SMILES string of the molecule is CC(C)OC(=O)[C@@H](C)N[P@](=O)(OC[C@@]1(F)OC(n2cnc3c(=O)[nH]c(N)nc32)[C@H](O)[C@@H]1O)Oc1ccccc1.